The van der Waals surface area contributed by atoms with Gasteiger partial charge in [0.1, 0.15) is 0 Å². The third kappa shape index (κ3) is 3.17. The fourth-order valence-corrected chi connectivity index (χ4v) is 1.07. The SMILES string of the molecule is CCC#C/C=C/c1ccccc1C. The van der Waals surface area contributed by atoms with E-state index in [1.807, 2.05) is 18.2 Å². The molecule has 0 aliphatic rings. The van der Waals surface area contributed by atoms with Crippen molar-refractivity contribution in [2.45, 2.75) is 20.3 Å². The molecule has 0 heterocycles. The Balaban J connectivity index is 2.74. The number of rotatable bonds is 1. The molecule has 0 nitrogen and oxygen atoms in total. The molecule has 0 saturated heterocycles. The maximum Gasteiger partial charge on any atom is 0.00637 e. The first-order chi connectivity index (χ1) is 6.34. The van der Waals surface area contributed by atoms with Gasteiger partial charge in [-0.05, 0) is 30.2 Å². The minimum absolute atomic E-state index is 0.915. The second-order valence-corrected chi connectivity index (χ2v) is 2.86. The molecule has 0 fully saturated rings. The number of hydrogen-bond donors (Lipinski definition) is 0. The van der Waals surface area contributed by atoms with Gasteiger partial charge in [-0.15, -0.1) is 0 Å². The van der Waals surface area contributed by atoms with Crippen LogP contribution in [-0.2, 0) is 0 Å². The predicted octanol–water partition coefficient (Wildman–Crippen LogP) is 3.42. The van der Waals surface area contributed by atoms with E-state index in [1.54, 1.807) is 0 Å². The van der Waals surface area contributed by atoms with Gasteiger partial charge in [-0.1, -0.05) is 43.0 Å². The molecule has 0 atom stereocenters. The molecule has 1 aromatic carbocycles. The monoisotopic (exact) mass is 170 g/mol. The summed E-state index contributed by atoms with van der Waals surface area (Å²) in [4.78, 5) is 0. The minimum Gasteiger partial charge on any atom is -0.0988 e. The molecule has 0 aromatic heterocycles. The second-order valence-electron chi connectivity index (χ2n) is 2.86. The van der Waals surface area contributed by atoms with Gasteiger partial charge in [0.2, 0.25) is 0 Å². The predicted molar refractivity (Wildman–Crippen MR) is 58.3 cm³/mol. The fourth-order valence-electron chi connectivity index (χ4n) is 1.07. The van der Waals surface area contributed by atoms with Crippen molar-refractivity contribution in [2.75, 3.05) is 0 Å². The Morgan fingerprint density at radius 3 is 2.77 bits per heavy atom. The summed E-state index contributed by atoms with van der Waals surface area (Å²) in [5, 5.41) is 0. The zero-order chi connectivity index (χ0) is 9.52. The third-order valence-electron chi connectivity index (χ3n) is 1.81. The van der Waals surface area contributed by atoms with Crippen LogP contribution < -0.4 is 0 Å². The van der Waals surface area contributed by atoms with E-state index >= 15 is 0 Å². The summed E-state index contributed by atoms with van der Waals surface area (Å²) < 4.78 is 0. The van der Waals surface area contributed by atoms with Gasteiger partial charge in [0.05, 0.1) is 0 Å². The van der Waals surface area contributed by atoms with Crippen LogP contribution in [0.3, 0.4) is 0 Å². The maximum atomic E-state index is 3.00. The molecule has 66 valence electrons. The van der Waals surface area contributed by atoms with Crippen molar-refractivity contribution < 1.29 is 0 Å². The molecule has 1 aromatic rings. The summed E-state index contributed by atoms with van der Waals surface area (Å²) in [5.41, 5.74) is 2.53. The molecular weight excluding hydrogens is 156 g/mol. The van der Waals surface area contributed by atoms with Crippen molar-refractivity contribution in [3.63, 3.8) is 0 Å². The Kier molecular flexibility index (Phi) is 3.85. The Morgan fingerprint density at radius 1 is 1.31 bits per heavy atom. The first-order valence-corrected chi connectivity index (χ1v) is 4.55. The number of allylic oxidation sites excluding steroid dienone is 1. The van der Waals surface area contributed by atoms with Crippen molar-refractivity contribution in [3.8, 4) is 11.8 Å². The summed E-state index contributed by atoms with van der Waals surface area (Å²) in [5.74, 6) is 5.98. The molecule has 0 N–H and O–H groups in total. The highest BCUT2D eigenvalue weighted by molar-refractivity contribution is 5.55. The summed E-state index contributed by atoms with van der Waals surface area (Å²) >= 11 is 0. The summed E-state index contributed by atoms with van der Waals surface area (Å²) in [7, 11) is 0. The zero-order valence-corrected chi connectivity index (χ0v) is 8.17. The molecule has 0 amide bonds. The molecule has 0 heteroatoms. The smallest absolute Gasteiger partial charge is 0.00637 e. The first kappa shape index (κ1) is 9.61. The van der Waals surface area contributed by atoms with Crippen molar-refractivity contribution in [1.82, 2.24) is 0 Å². The molecule has 0 spiro atoms. The van der Waals surface area contributed by atoms with Gasteiger partial charge in [0.25, 0.3) is 0 Å². The molecule has 0 bridgehead atoms. The first-order valence-electron chi connectivity index (χ1n) is 4.55. The van der Waals surface area contributed by atoms with E-state index in [1.165, 1.54) is 11.1 Å². The highest BCUT2D eigenvalue weighted by atomic mass is 13.9. The van der Waals surface area contributed by atoms with Crippen molar-refractivity contribution in [2.24, 2.45) is 0 Å². The van der Waals surface area contributed by atoms with E-state index < -0.39 is 0 Å². The zero-order valence-electron chi connectivity index (χ0n) is 8.17. The second kappa shape index (κ2) is 5.22. The van der Waals surface area contributed by atoms with E-state index in [9.17, 15) is 0 Å². The number of benzene rings is 1. The van der Waals surface area contributed by atoms with E-state index in [0.29, 0.717) is 0 Å². The summed E-state index contributed by atoms with van der Waals surface area (Å²) in [6.07, 6.45) is 4.88. The van der Waals surface area contributed by atoms with Crippen LogP contribution in [0.25, 0.3) is 6.08 Å². The van der Waals surface area contributed by atoms with E-state index in [4.69, 9.17) is 0 Å². The van der Waals surface area contributed by atoms with Crippen LogP contribution in [0.1, 0.15) is 24.5 Å². The highest BCUT2D eigenvalue weighted by Gasteiger charge is 1.88. The maximum absolute atomic E-state index is 3.00. The van der Waals surface area contributed by atoms with Crippen LogP contribution in [0, 0.1) is 18.8 Å². The molecular formula is C13H14. The van der Waals surface area contributed by atoms with Crippen LogP contribution >= 0.6 is 0 Å². The van der Waals surface area contributed by atoms with Gasteiger partial charge in [-0.25, -0.2) is 0 Å². The lowest BCUT2D eigenvalue weighted by atomic mass is 10.1. The third-order valence-corrected chi connectivity index (χ3v) is 1.81. The fraction of sp³-hybridized carbons (Fsp3) is 0.231. The van der Waals surface area contributed by atoms with Gasteiger partial charge >= 0.3 is 0 Å². The van der Waals surface area contributed by atoms with Gasteiger partial charge in [0.15, 0.2) is 0 Å². The van der Waals surface area contributed by atoms with E-state index in [2.05, 4.69) is 43.9 Å². The van der Waals surface area contributed by atoms with Crippen molar-refractivity contribution in [3.05, 3.63) is 41.5 Å². The lowest BCUT2D eigenvalue weighted by Crippen LogP contribution is -1.76. The van der Waals surface area contributed by atoms with E-state index in [-0.39, 0.29) is 0 Å². The molecule has 0 saturated carbocycles. The normalized spacial score (nSPS) is 9.69. The molecule has 1 rings (SSSR count). The summed E-state index contributed by atoms with van der Waals surface area (Å²) in [6.45, 7) is 4.15. The largest absolute Gasteiger partial charge is 0.0988 e. The molecule has 0 aliphatic carbocycles. The molecule has 13 heavy (non-hydrogen) atoms. The Morgan fingerprint density at radius 2 is 2.08 bits per heavy atom. The molecule has 0 aliphatic heterocycles. The van der Waals surface area contributed by atoms with Gasteiger partial charge in [0, 0.05) is 6.42 Å². The average molecular weight is 170 g/mol. The van der Waals surface area contributed by atoms with Gasteiger partial charge in [-0.3, -0.25) is 0 Å². The topological polar surface area (TPSA) is 0 Å². The van der Waals surface area contributed by atoms with E-state index in [0.717, 1.165) is 6.42 Å². The van der Waals surface area contributed by atoms with Crippen molar-refractivity contribution in [1.29, 1.82) is 0 Å². The van der Waals surface area contributed by atoms with Crippen LogP contribution in [-0.4, -0.2) is 0 Å². The Bertz CT molecular complexity index is 348. The minimum atomic E-state index is 0.915. The lowest BCUT2D eigenvalue weighted by molar-refractivity contribution is 1.28. The van der Waals surface area contributed by atoms with Gasteiger partial charge < -0.3 is 0 Å². The molecule has 0 radical (unpaired) electrons. The lowest BCUT2D eigenvalue weighted by Gasteiger charge is -1.96. The van der Waals surface area contributed by atoms with Crippen LogP contribution in [0.2, 0.25) is 0 Å². The standard InChI is InChI=1S/C13H14/c1-3-4-5-6-10-13-11-8-7-9-12(13)2/h6-11H,3H2,1-2H3/b10-6+. The quantitative estimate of drug-likeness (QED) is 0.566. The van der Waals surface area contributed by atoms with Gasteiger partial charge in [-0.2, -0.15) is 0 Å². The Labute approximate surface area is 80.3 Å². The number of aryl methyl sites for hydroxylation is 1. The summed E-state index contributed by atoms with van der Waals surface area (Å²) in [6, 6.07) is 8.29. The highest BCUT2D eigenvalue weighted by Crippen LogP contribution is 2.08. The molecule has 0 unspecified atom stereocenters. The Hall–Kier alpha value is -1.48. The average Bonchev–Trinajstić information content (AvgIpc) is 2.15. The van der Waals surface area contributed by atoms with Crippen molar-refractivity contribution >= 4 is 6.08 Å². The number of hydrogen-bond acceptors (Lipinski definition) is 0. The van der Waals surface area contributed by atoms with Crippen LogP contribution in [0.5, 0.6) is 0 Å². The van der Waals surface area contributed by atoms with Crippen LogP contribution in [0.4, 0.5) is 0 Å². The van der Waals surface area contributed by atoms with Crippen LogP contribution in [0.15, 0.2) is 30.3 Å².